The number of likely N-dealkylation sites (tertiary alicyclic amines) is 1. The quantitative estimate of drug-likeness (QED) is 0.312. The molecule has 2 aromatic carbocycles. The van der Waals surface area contributed by atoms with Crippen LogP contribution in [0.3, 0.4) is 0 Å². The Morgan fingerprint density at radius 3 is 2.55 bits per heavy atom. The van der Waals surface area contributed by atoms with Gasteiger partial charge in [-0.1, -0.05) is 42.1 Å². The molecule has 0 bridgehead atoms. The molecular formula is C25H24FN5OS. The van der Waals surface area contributed by atoms with Gasteiger partial charge in [0.1, 0.15) is 17.2 Å². The van der Waals surface area contributed by atoms with Crippen molar-refractivity contribution in [3.05, 3.63) is 78.5 Å². The topological polar surface area (TPSA) is 63.9 Å². The predicted molar refractivity (Wildman–Crippen MR) is 127 cm³/mol. The Bertz CT molecular complexity index is 1240. The first-order valence-electron chi connectivity index (χ1n) is 11.1. The molecule has 1 saturated heterocycles. The smallest absolute Gasteiger partial charge is 0.232 e. The zero-order valence-electron chi connectivity index (χ0n) is 18.1. The first kappa shape index (κ1) is 21.6. The monoisotopic (exact) mass is 461 g/mol. The number of rotatable bonds is 6. The molecule has 5 rings (SSSR count). The van der Waals surface area contributed by atoms with Crippen LogP contribution >= 0.6 is 11.8 Å². The Morgan fingerprint density at radius 2 is 1.79 bits per heavy atom. The number of carbonyl (C=O) groups is 1. The molecule has 0 saturated carbocycles. The minimum atomic E-state index is -0.302. The molecule has 4 aromatic rings. The lowest BCUT2D eigenvalue weighted by Gasteiger charge is -2.32. The molecule has 0 atom stereocenters. The number of halogens is 1. The number of thioether (sulfide) groups is 1. The van der Waals surface area contributed by atoms with Crippen molar-refractivity contribution < 1.29 is 9.18 Å². The van der Waals surface area contributed by atoms with Crippen molar-refractivity contribution in [1.82, 2.24) is 24.6 Å². The number of amides is 1. The third-order valence-electron chi connectivity index (χ3n) is 6.07. The minimum absolute atomic E-state index is 0.135. The lowest BCUT2D eigenvalue weighted by Crippen LogP contribution is -2.39. The summed E-state index contributed by atoms with van der Waals surface area (Å²) in [6.07, 6.45) is 6.32. The Morgan fingerprint density at radius 1 is 1.03 bits per heavy atom. The zero-order chi connectivity index (χ0) is 22.6. The summed E-state index contributed by atoms with van der Waals surface area (Å²) in [5.41, 5.74) is 2.72. The second-order valence-corrected chi connectivity index (χ2v) is 9.22. The zero-order valence-corrected chi connectivity index (χ0v) is 18.9. The molecule has 2 aromatic heterocycles. The molecule has 0 radical (unpaired) electrons. The van der Waals surface area contributed by atoms with Crippen LogP contribution in [0.25, 0.3) is 16.7 Å². The Labute approximate surface area is 195 Å². The van der Waals surface area contributed by atoms with E-state index in [1.807, 2.05) is 11.0 Å². The van der Waals surface area contributed by atoms with E-state index < -0.39 is 0 Å². The second kappa shape index (κ2) is 9.70. The van der Waals surface area contributed by atoms with Crippen LogP contribution in [0, 0.1) is 11.7 Å². The van der Waals surface area contributed by atoms with Crippen molar-refractivity contribution in [1.29, 1.82) is 0 Å². The summed E-state index contributed by atoms with van der Waals surface area (Å²) in [6, 6.07) is 16.6. The molecule has 1 amide bonds. The molecule has 0 unspecified atom stereocenters. The normalized spacial score (nSPS) is 14.6. The summed E-state index contributed by atoms with van der Waals surface area (Å²) in [4.78, 5) is 23.5. The lowest BCUT2D eigenvalue weighted by molar-refractivity contribution is -0.129. The van der Waals surface area contributed by atoms with Crippen molar-refractivity contribution >= 4 is 28.7 Å². The maximum atomic E-state index is 13.3. The molecule has 0 N–H and O–H groups in total. The summed E-state index contributed by atoms with van der Waals surface area (Å²) >= 11 is 1.41. The number of carbonyl (C=O) groups excluding carboxylic acids is 1. The van der Waals surface area contributed by atoms with Crippen molar-refractivity contribution in [2.24, 2.45) is 5.92 Å². The van der Waals surface area contributed by atoms with Gasteiger partial charge in [-0.25, -0.2) is 19.0 Å². The predicted octanol–water partition coefficient (Wildman–Crippen LogP) is 4.53. The van der Waals surface area contributed by atoms with Crippen LogP contribution in [-0.4, -0.2) is 49.4 Å². The molecule has 3 heterocycles. The molecule has 6 nitrogen and oxygen atoms in total. The van der Waals surface area contributed by atoms with E-state index in [4.69, 9.17) is 0 Å². The van der Waals surface area contributed by atoms with Crippen LogP contribution in [0.2, 0.25) is 0 Å². The highest BCUT2D eigenvalue weighted by Crippen LogP contribution is 2.27. The third kappa shape index (κ3) is 4.90. The Balaban J connectivity index is 1.20. The summed E-state index contributed by atoms with van der Waals surface area (Å²) in [7, 11) is 0. The Hall–Kier alpha value is -3.26. The largest absolute Gasteiger partial charge is 0.342 e. The van der Waals surface area contributed by atoms with Crippen LogP contribution in [0.15, 0.2) is 72.1 Å². The van der Waals surface area contributed by atoms with Gasteiger partial charge >= 0.3 is 0 Å². The van der Waals surface area contributed by atoms with Crippen LogP contribution in [0.1, 0.15) is 18.4 Å². The number of hydrogen-bond donors (Lipinski definition) is 0. The van der Waals surface area contributed by atoms with Gasteiger partial charge < -0.3 is 4.90 Å². The summed E-state index contributed by atoms with van der Waals surface area (Å²) in [5, 5.41) is 5.90. The summed E-state index contributed by atoms with van der Waals surface area (Å²) in [5.74, 6) is 0.791. The second-order valence-electron chi connectivity index (χ2n) is 8.25. The maximum Gasteiger partial charge on any atom is 0.232 e. The average Bonchev–Trinajstić information content (AvgIpc) is 3.29. The molecule has 1 aliphatic rings. The van der Waals surface area contributed by atoms with Gasteiger partial charge in [-0.15, -0.1) is 0 Å². The first-order valence-corrected chi connectivity index (χ1v) is 12.0. The Kier molecular flexibility index (Phi) is 6.35. The van der Waals surface area contributed by atoms with Gasteiger partial charge in [0.25, 0.3) is 0 Å². The standard InChI is InChI=1S/C25H24FN5OS/c26-20-6-8-21(9-7-20)31-24-22(15-29-31)25(28-17-27-24)33-16-23(32)30-12-10-19(11-13-30)14-18-4-2-1-3-5-18/h1-9,15,17,19H,10-14,16H2. The van der Waals surface area contributed by atoms with E-state index in [0.29, 0.717) is 17.3 Å². The van der Waals surface area contributed by atoms with Gasteiger partial charge in [0, 0.05) is 13.1 Å². The van der Waals surface area contributed by atoms with Gasteiger partial charge in [-0.3, -0.25) is 4.79 Å². The van der Waals surface area contributed by atoms with Gasteiger partial charge in [-0.05, 0) is 55.0 Å². The molecule has 168 valence electrons. The van der Waals surface area contributed by atoms with Gasteiger partial charge in [0.05, 0.1) is 23.0 Å². The molecule has 1 fully saturated rings. The van der Waals surface area contributed by atoms with E-state index in [0.717, 1.165) is 48.5 Å². The van der Waals surface area contributed by atoms with Crippen molar-refractivity contribution in [2.75, 3.05) is 18.8 Å². The lowest BCUT2D eigenvalue weighted by atomic mass is 9.90. The fourth-order valence-electron chi connectivity index (χ4n) is 4.26. The maximum absolute atomic E-state index is 13.3. The van der Waals surface area contributed by atoms with Gasteiger partial charge in [0.2, 0.25) is 5.91 Å². The van der Waals surface area contributed by atoms with E-state index in [1.54, 1.807) is 23.0 Å². The molecule has 0 aliphatic carbocycles. The highest BCUT2D eigenvalue weighted by molar-refractivity contribution is 8.00. The van der Waals surface area contributed by atoms with E-state index in [2.05, 4.69) is 39.3 Å². The van der Waals surface area contributed by atoms with E-state index in [9.17, 15) is 9.18 Å². The number of hydrogen-bond acceptors (Lipinski definition) is 5. The molecule has 33 heavy (non-hydrogen) atoms. The van der Waals surface area contributed by atoms with Crippen molar-refractivity contribution in [3.63, 3.8) is 0 Å². The van der Waals surface area contributed by atoms with Gasteiger partial charge in [0.15, 0.2) is 5.65 Å². The summed E-state index contributed by atoms with van der Waals surface area (Å²) < 4.78 is 14.9. The number of fused-ring (bicyclic) bond motifs is 1. The highest BCUT2D eigenvalue weighted by atomic mass is 32.2. The van der Waals surface area contributed by atoms with E-state index in [1.165, 1.54) is 35.8 Å². The number of nitrogens with zero attached hydrogens (tertiary/aromatic N) is 5. The number of aromatic nitrogens is 4. The first-order chi connectivity index (χ1) is 16.2. The molecular weight excluding hydrogens is 437 g/mol. The third-order valence-corrected chi connectivity index (χ3v) is 7.06. The van der Waals surface area contributed by atoms with E-state index in [-0.39, 0.29) is 11.7 Å². The molecule has 1 aliphatic heterocycles. The molecule has 8 heteroatoms. The minimum Gasteiger partial charge on any atom is -0.342 e. The van der Waals surface area contributed by atoms with Crippen molar-refractivity contribution in [2.45, 2.75) is 24.3 Å². The highest BCUT2D eigenvalue weighted by Gasteiger charge is 2.23. The molecule has 0 spiro atoms. The van der Waals surface area contributed by atoms with Crippen LogP contribution in [0.5, 0.6) is 0 Å². The van der Waals surface area contributed by atoms with Crippen LogP contribution < -0.4 is 0 Å². The number of benzene rings is 2. The fourth-order valence-corrected chi connectivity index (χ4v) is 5.13. The average molecular weight is 462 g/mol. The van der Waals surface area contributed by atoms with Crippen LogP contribution in [0.4, 0.5) is 4.39 Å². The van der Waals surface area contributed by atoms with Crippen LogP contribution in [-0.2, 0) is 11.2 Å². The SMILES string of the molecule is O=C(CSc1ncnc2c1cnn2-c1ccc(F)cc1)N1CCC(Cc2ccccc2)CC1. The summed E-state index contributed by atoms with van der Waals surface area (Å²) in [6.45, 7) is 1.61. The number of piperidine rings is 1. The van der Waals surface area contributed by atoms with Gasteiger partial charge in [-0.2, -0.15) is 5.10 Å². The van der Waals surface area contributed by atoms with E-state index >= 15 is 0 Å². The fraction of sp³-hybridized carbons (Fsp3) is 0.280. The van der Waals surface area contributed by atoms with Crippen molar-refractivity contribution in [3.8, 4) is 5.69 Å².